The van der Waals surface area contributed by atoms with Crippen LogP contribution in [-0.2, 0) is 35.7 Å². The SMILES string of the molecule is NCCS(=O)(=O)NC(=O)Nc1c2c(cc3c1CCC3)CCC2. The molecule has 120 valence electrons. The molecular formula is C15H21N3O3S. The number of hydrogen-bond acceptors (Lipinski definition) is 4. The Balaban J connectivity index is 1.85. The van der Waals surface area contributed by atoms with Gasteiger partial charge in [0.15, 0.2) is 0 Å². The Morgan fingerprint density at radius 2 is 1.68 bits per heavy atom. The quantitative estimate of drug-likeness (QED) is 0.771. The summed E-state index contributed by atoms with van der Waals surface area (Å²) >= 11 is 0. The van der Waals surface area contributed by atoms with Gasteiger partial charge in [-0.3, -0.25) is 0 Å². The Hall–Kier alpha value is -1.60. The van der Waals surface area contributed by atoms with Crippen LogP contribution in [-0.4, -0.2) is 26.7 Å². The van der Waals surface area contributed by atoms with Gasteiger partial charge in [-0.25, -0.2) is 17.9 Å². The first kappa shape index (κ1) is 15.3. The number of carbonyl (C=O) groups excluding carboxylic acids is 1. The first-order valence-electron chi connectivity index (χ1n) is 7.68. The minimum absolute atomic E-state index is 0.0151. The molecule has 0 fully saturated rings. The summed E-state index contributed by atoms with van der Waals surface area (Å²) < 4.78 is 25.3. The van der Waals surface area contributed by atoms with Crippen LogP contribution in [0.25, 0.3) is 0 Å². The Kier molecular flexibility index (Phi) is 4.10. The Morgan fingerprint density at radius 1 is 1.09 bits per heavy atom. The largest absolute Gasteiger partial charge is 0.332 e. The van der Waals surface area contributed by atoms with Gasteiger partial charge in [0.2, 0.25) is 10.0 Å². The van der Waals surface area contributed by atoms with Crippen LogP contribution >= 0.6 is 0 Å². The van der Waals surface area contributed by atoms with Gasteiger partial charge in [-0.2, -0.15) is 0 Å². The normalized spacial score (nSPS) is 16.2. The van der Waals surface area contributed by atoms with Crippen LogP contribution < -0.4 is 15.8 Å². The van der Waals surface area contributed by atoms with Crippen molar-refractivity contribution >= 4 is 21.7 Å². The van der Waals surface area contributed by atoms with Gasteiger partial charge >= 0.3 is 6.03 Å². The second-order valence-electron chi connectivity index (χ2n) is 5.90. The molecule has 6 nitrogen and oxygen atoms in total. The summed E-state index contributed by atoms with van der Waals surface area (Å²) in [5.41, 5.74) is 11.0. The van der Waals surface area contributed by atoms with Crippen molar-refractivity contribution in [1.29, 1.82) is 0 Å². The molecule has 0 atom stereocenters. The number of sulfonamides is 1. The molecule has 0 heterocycles. The average molecular weight is 323 g/mol. The number of anilines is 1. The van der Waals surface area contributed by atoms with Crippen molar-refractivity contribution < 1.29 is 13.2 Å². The zero-order chi connectivity index (χ0) is 15.7. The summed E-state index contributed by atoms with van der Waals surface area (Å²) in [5, 5.41) is 2.79. The van der Waals surface area contributed by atoms with Crippen molar-refractivity contribution in [2.75, 3.05) is 17.6 Å². The second-order valence-corrected chi connectivity index (χ2v) is 7.74. The van der Waals surface area contributed by atoms with Gasteiger partial charge in [-0.15, -0.1) is 0 Å². The molecule has 1 aromatic rings. The average Bonchev–Trinajstić information content (AvgIpc) is 3.05. The summed E-state index contributed by atoms with van der Waals surface area (Å²) in [6.45, 7) is -0.0151. The molecule has 2 aliphatic carbocycles. The predicted octanol–water partition coefficient (Wildman–Crippen LogP) is 1.07. The van der Waals surface area contributed by atoms with Crippen LogP contribution in [0.5, 0.6) is 0 Å². The van der Waals surface area contributed by atoms with Gasteiger partial charge in [-0.05, 0) is 60.8 Å². The third-order valence-corrected chi connectivity index (χ3v) is 5.62. The van der Waals surface area contributed by atoms with Gasteiger partial charge in [-0.1, -0.05) is 6.07 Å². The summed E-state index contributed by atoms with van der Waals surface area (Å²) in [7, 11) is -3.67. The monoisotopic (exact) mass is 323 g/mol. The zero-order valence-corrected chi connectivity index (χ0v) is 13.3. The van der Waals surface area contributed by atoms with E-state index in [2.05, 4.69) is 11.4 Å². The lowest BCUT2D eigenvalue weighted by Gasteiger charge is -2.16. The smallest absolute Gasteiger partial charge is 0.329 e. The number of benzene rings is 1. The van der Waals surface area contributed by atoms with Gasteiger partial charge < -0.3 is 11.1 Å². The van der Waals surface area contributed by atoms with E-state index in [4.69, 9.17) is 5.73 Å². The van der Waals surface area contributed by atoms with Crippen LogP contribution in [0, 0.1) is 0 Å². The lowest BCUT2D eigenvalue weighted by atomic mass is 9.99. The molecule has 0 bridgehead atoms. The van der Waals surface area contributed by atoms with Crippen LogP contribution in [0.2, 0.25) is 0 Å². The molecular weight excluding hydrogens is 302 g/mol. The van der Waals surface area contributed by atoms with E-state index in [9.17, 15) is 13.2 Å². The highest BCUT2D eigenvalue weighted by Gasteiger charge is 2.25. The van der Waals surface area contributed by atoms with E-state index in [1.165, 1.54) is 22.3 Å². The number of amides is 2. The molecule has 0 saturated heterocycles. The number of nitrogens with two attached hydrogens (primary N) is 1. The maximum atomic E-state index is 12.1. The minimum atomic E-state index is -3.67. The van der Waals surface area contributed by atoms with Crippen LogP contribution in [0.15, 0.2) is 6.07 Å². The van der Waals surface area contributed by atoms with Gasteiger partial charge in [0.1, 0.15) is 0 Å². The summed E-state index contributed by atoms with van der Waals surface area (Å²) in [4.78, 5) is 12.1. The van der Waals surface area contributed by atoms with Crippen molar-refractivity contribution in [2.24, 2.45) is 5.73 Å². The molecule has 1 aromatic carbocycles. The number of hydrogen-bond donors (Lipinski definition) is 3. The molecule has 2 aliphatic rings. The molecule has 0 unspecified atom stereocenters. The first-order chi connectivity index (χ1) is 10.5. The predicted molar refractivity (Wildman–Crippen MR) is 85.5 cm³/mol. The molecule has 0 aliphatic heterocycles. The van der Waals surface area contributed by atoms with Gasteiger partial charge in [0.05, 0.1) is 5.75 Å². The molecule has 0 radical (unpaired) electrons. The molecule has 22 heavy (non-hydrogen) atoms. The van der Waals surface area contributed by atoms with E-state index in [-0.39, 0.29) is 12.3 Å². The maximum Gasteiger partial charge on any atom is 0.332 e. The van der Waals surface area contributed by atoms with Gasteiger partial charge in [0, 0.05) is 12.2 Å². The number of rotatable bonds is 4. The highest BCUT2D eigenvalue weighted by atomic mass is 32.2. The molecule has 7 heteroatoms. The molecule has 4 N–H and O–H groups in total. The number of carbonyl (C=O) groups is 1. The lowest BCUT2D eigenvalue weighted by molar-refractivity contribution is 0.256. The third-order valence-electron chi connectivity index (χ3n) is 4.35. The van der Waals surface area contributed by atoms with Crippen LogP contribution in [0.3, 0.4) is 0 Å². The number of nitrogens with one attached hydrogen (secondary N) is 2. The fourth-order valence-corrected chi connectivity index (χ4v) is 4.20. The molecule has 0 saturated carbocycles. The number of fused-ring (bicyclic) bond motifs is 2. The number of aryl methyl sites for hydroxylation is 2. The zero-order valence-electron chi connectivity index (χ0n) is 12.4. The van der Waals surface area contributed by atoms with E-state index >= 15 is 0 Å². The van der Waals surface area contributed by atoms with Crippen molar-refractivity contribution in [3.05, 3.63) is 28.3 Å². The summed E-state index contributed by atoms with van der Waals surface area (Å²) in [6, 6.07) is 1.57. The molecule has 0 spiro atoms. The van der Waals surface area contributed by atoms with Crippen molar-refractivity contribution in [1.82, 2.24) is 4.72 Å². The molecule has 3 rings (SSSR count). The van der Waals surface area contributed by atoms with E-state index in [1.807, 2.05) is 4.72 Å². The summed E-state index contributed by atoms with van der Waals surface area (Å²) in [5.74, 6) is -0.259. The fraction of sp³-hybridized carbons (Fsp3) is 0.533. The first-order valence-corrected chi connectivity index (χ1v) is 9.33. The maximum absolute atomic E-state index is 12.1. The third kappa shape index (κ3) is 2.96. The molecule has 2 amide bonds. The van der Waals surface area contributed by atoms with Crippen LogP contribution in [0.4, 0.5) is 10.5 Å². The number of urea groups is 1. The highest BCUT2D eigenvalue weighted by Crippen LogP contribution is 2.38. The van der Waals surface area contributed by atoms with Crippen LogP contribution in [0.1, 0.15) is 35.1 Å². The minimum Gasteiger partial charge on any atom is -0.329 e. The van der Waals surface area contributed by atoms with E-state index in [0.29, 0.717) is 0 Å². The van der Waals surface area contributed by atoms with E-state index in [1.54, 1.807) is 0 Å². The lowest BCUT2D eigenvalue weighted by Crippen LogP contribution is -2.38. The Labute approximate surface area is 130 Å². The Bertz CT molecular complexity index is 681. The van der Waals surface area contributed by atoms with E-state index in [0.717, 1.165) is 44.2 Å². The van der Waals surface area contributed by atoms with E-state index < -0.39 is 16.1 Å². The van der Waals surface area contributed by atoms with Gasteiger partial charge in [0.25, 0.3) is 0 Å². The topological polar surface area (TPSA) is 101 Å². The van der Waals surface area contributed by atoms with Crippen molar-refractivity contribution in [2.45, 2.75) is 38.5 Å². The second kappa shape index (κ2) is 5.89. The fourth-order valence-electron chi connectivity index (χ4n) is 3.45. The van der Waals surface area contributed by atoms with Crippen molar-refractivity contribution in [3.63, 3.8) is 0 Å². The van der Waals surface area contributed by atoms with Crippen molar-refractivity contribution in [3.8, 4) is 0 Å². The Morgan fingerprint density at radius 3 is 2.23 bits per heavy atom. The molecule has 0 aromatic heterocycles. The summed E-state index contributed by atoms with van der Waals surface area (Å²) in [6.07, 6.45) is 6.11. The highest BCUT2D eigenvalue weighted by molar-refractivity contribution is 7.90. The standard InChI is InChI=1S/C15H21N3O3S/c16-7-8-22(20,21)18-15(19)17-14-12-5-1-3-10(12)9-11-4-2-6-13(11)14/h9H,1-8,16H2,(H2,17,18,19).